The number of nitrogens with zero attached hydrogens (tertiary/aromatic N) is 1. The summed E-state index contributed by atoms with van der Waals surface area (Å²) in [5.74, 6) is -0.237. The van der Waals surface area contributed by atoms with Gasteiger partial charge in [-0.05, 0) is 31.5 Å². The van der Waals surface area contributed by atoms with Crippen molar-refractivity contribution in [3.63, 3.8) is 0 Å². The van der Waals surface area contributed by atoms with Crippen molar-refractivity contribution in [3.8, 4) is 0 Å². The first-order valence-corrected chi connectivity index (χ1v) is 5.92. The number of carbonyl (C=O) groups excluding carboxylic acids is 2. The van der Waals surface area contributed by atoms with Gasteiger partial charge in [0.25, 0.3) is 0 Å². The van der Waals surface area contributed by atoms with E-state index < -0.39 is 0 Å². The lowest BCUT2D eigenvalue weighted by Crippen LogP contribution is -2.31. The third kappa shape index (κ3) is 4.57. The molecule has 1 aromatic rings. The number of rotatable bonds is 5. The van der Waals surface area contributed by atoms with E-state index in [1.165, 1.54) is 6.92 Å². The molecule has 0 heterocycles. The molecule has 1 aromatic carbocycles. The molecule has 0 aliphatic heterocycles. The number of amides is 1. The number of benzene rings is 1. The Hall–Kier alpha value is -1.35. The van der Waals surface area contributed by atoms with E-state index in [2.05, 4.69) is 0 Å². The van der Waals surface area contributed by atoms with Crippen LogP contribution in [-0.4, -0.2) is 23.1 Å². The molecule has 4 heteroatoms. The van der Waals surface area contributed by atoms with E-state index in [0.717, 1.165) is 5.56 Å². The SMILES string of the molecule is CCN(Cc1ccc(Cl)cc1)C(=O)CC(C)=O. The van der Waals surface area contributed by atoms with Gasteiger partial charge in [-0.3, -0.25) is 9.59 Å². The predicted octanol–water partition coefficient (Wildman–Crippen LogP) is 2.67. The van der Waals surface area contributed by atoms with Crippen LogP contribution < -0.4 is 0 Å². The van der Waals surface area contributed by atoms with Crippen LogP contribution in [0.1, 0.15) is 25.8 Å². The molecule has 0 atom stereocenters. The summed E-state index contributed by atoms with van der Waals surface area (Å²) in [7, 11) is 0. The number of hydrogen-bond donors (Lipinski definition) is 0. The normalized spacial score (nSPS) is 10.1. The molecule has 0 unspecified atom stereocenters. The fourth-order valence-electron chi connectivity index (χ4n) is 1.51. The summed E-state index contributed by atoms with van der Waals surface area (Å²) in [6, 6.07) is 7.35. The number of Topliss-reactive ketones (excluding diaryl/α,β-unsaturated/α-hetero) is 1. The van der Waals surface area contributed by atoms with Crippen molar-refractivity contribution in [1.29, 1.82) is 0 Å². The first-order chi connectivity index (χ1) is 8.02. The Labute approximate surface area is 106 Å². The first-order valence-electron chi connectivity index (χ1n) is 5.54. The summed E-state index contributed by atoms with van der Waals surface area (Å²) < 4.78 is 0. The summed E-state index contributed by atoms with van der Waals surface area (Å²) in [6.07, 6.45) is -0.0264. The van der Waals surface area contributed by atoms with Gasteiger partial charge in [-0.1, -0.05) is 23.7 Å². The van der Waals surface area contributed by atoms with Crippen LogP contribution in [0.5, 0.6) is 0 Å². The smallest absolute Gasteiger partial charge is 0.230 e. The van der Waals surface area contributed by atoms with Gasteiger partial charge in [-0.25, -0.2) is 0 Å². The monoisotopic (exact) mass is 253 g/mol. The van der Waals surface area contributed by atoms with Crippen LogP contribution >= 0.6 is 11.6 Å². The van der Waals surface area contributed by atoms with Gasteiger partial charge in [0.15, 0.2) is 0 Å². The van der Waals surface area contributed by atoms with Crippen molar-refractivity contribution in [3.05, 3.63) is 34.9 Å². The maximum Gasteiger partial charge on any atom is 0.230 e. The molecule has 0 saturated heterocycles. The predicted molar refractivity (Wildman–Crippen MR) is 67.8 cm³/mol. The highest BCUT2D eigenvalue weighted by atomic mass is 35.5. The molecule has 0 aliphatic rings. The first kappa shape index (κ1) is 13.7. The Bertz CT molecular complexity index is 400. The zero-order chi connectivity index (χ0) is 12.8. The number of ketones is 1. The molecular formula is C13H16ClNO2. The van der Waals surface area contributed by atoms with E-state index in [1.54, 1.807) is 17.0 Å². The zero-order valence-electron chi connectivity index (χ0n) is 10.1. The Morgan fingerprint density at radius 3 is 2.29 bits per heavy atom. The summed E-state index contributed by atoms with van der Waals surface area (Å²) in [4.78, 5) is 24.3. The quantitative estimate of drug-likeness (QED) is 0.757. The highest BCUT2D eigenvalue weighted by molar-refractivity contribution is 6.30. The lowest BCUT2D eigenvalue weighted by molar-refractivity contribution is -0.135. The van der Waals surface area contributed by atoms with E-state index in [9.17, 15) is 9.59 Å². The van der Waals surface area contributed by atoms with Crippen LogP contribution in [0.3, 0.4) is 0 Å². The van der Waals surface area contributed by atoms with Crippen LogP contribution in [0.25, 0.3) is 0 Å². The summed E-state index contributed by atoms with van der Waals surface area (Å²) >= 11 is 5.79. The molecule has 3 nitrogen and oxygen atoms in total. The van der Waals surface area contributed by atoms with Gasteiger partial charge < -0.3 is 4.90 Å². The van der Waals surface area contributed by atoms with Gasteiger partial charge in [0, 0.05) is 18.1 Å². The third-order valence-corrected chi connectivity index (χ3v) is 2.67. The minimum absolute atomic E-state index is 0.0264. The van der Waals surface area contributed by atoms with Crippen molar-refractivity contribution in [2.45, 2.75) is 26.8 Å². The molecule has 1 amide bonds. The van der Waals surface area contributed by atoms with Crippen molar-refractivity contribution in [2.75, 3.05) is 6.54 Å². The number of hydrogen-bond acceptors (Lipinski definition) is 2. The van der Waals surface area contributed by atoms with Gasteiger partial charge in [-0.15, -0.1) is 0 Å². The molecule has 0 aromatic heterocycles. The maximum atomic E-state index is 11.7. The highest BCUT2D eigenvalue weighted by Gasteiger charge is 2.13. The lowest BCUT2D eigenvalue weighted by Gasteiger charge is -2.20. The molecule has 1 rings (SSSR count). The van der Waals surface area contributed by atoms with Gasteiger partial charge in [0.2, 0.25) is 5.91 Å². The average molecular weight is 254 g/mol. The fraction of sp³-hybridized carbons (Fsp3) is 0.385. The average Bonchev–Trinajstić information content (AvgIpc) is 2.27. The summed E-state index contributed by atoms with van der Waals surface area (Å²) in [6.45, 7) is 4.43. The van der Waals surface area contributed by atoms with Crippen LogP contribution in [0.15, 0.2) is 24.3 Å². The molecule has 0 bridgehead atoms. The van der Waals surface area contributed by atoms with Crippen LogP contribution in [0, 0.1) is 0 Å². The van der Waals surface area contributed by atoms with E-state index >= 15 is 0 Å². The maximum absolute atomic E-state index is 11.7. The molecule has 0 radical (unpaired) electrons. The molecule has 0 N–H and O–H groups in total. The van der Waals surface area contributed by atoms with E-state index in [-0.39, 0.29) is 18.1 Å². The Morgan fingerprint density at radius 1 is 1.24 bits per heavy atom. The fourth-order valence-corrected chi connectivity index (χ4v) is 1.64. The van der Waals surface area contributed by atoms with Gasteiger partial charge >= 0.3 is 0 Å². The standard InChI is InChI=1S/C13H16ClNO2/c1-3-15(13(17)8-10(2)16)9-11-4-6-12(14)7-5-11/h4-7H,3,8-9H2,1-2H3. The molecule has 0 aliphatic carbocycles. The van der Waals surface area contributed by atoms with E-state index in [0.29, 0.717) is 18.1 Å². The topological polar surface area (TPSA) is 37.4 Å². The zero-order valence-corrected chi connectivity index (χ0v) is 10.8. The van der Waals surface area contributed by atoms with Crippen molar-refractivity contribution >= 4 is 23.3 Å². The number of halogens is 1. The Balaban J connectivity index is 2.66. The minimum Gasteiger partial charge on any atom is -0.338 e. The largest absolute Gasteiger partial charge is 0.338 e. The van der Waals surface area contributed by atoms with Crippen molar-refractivity contribution in [2.24, 2.45) is 0 Å². The van der Waals surface area contributed by atoms with Gasteiger partial charge in [0.1, 0.15) is 5.78 Å². The van der Waals surface area contributed by atoms with Gasteiger partial charge in [0.05, 0.1) is 6.42 Å². The van der Waals surface area contributed by atoms with Crippen LogP contribution in [0.2, 0.25) is 5.02 Å². The molecule has 0 fully saturated rings. The third-order valence-electron chi connectivity index (χ3n) is 2.42. The van der Waals surface area contributed by atoms with E-state index in [4.69, 9.17) is 11.6 Å². The van der Waals surface area contributed by atoms with Crippen LogP contribution in [-0.2, 0) is 16.1 Å². The van der Waals surface area contributed by atoms with Crippen molar-refractivity contribution < 1.29 is 9.59 Å². The molecular weight excluding hydrogens is 238 g/mol. The van der Waals surface area contributed by atoms with Gasteiger partial charge in [-0.2, -0.15) is 0 Å². The molecule has 92 valence electrons. The molecule has 0 spiro atoms. The second-order valence-corrected chi connectivity index (χ2v) is 4.35. The number of carbonyl (C=O) groups is 2. The van der Waals surface area contributed by atoms with Crippen LogP contribution in [0.4, 0.5) is 0 Å². The van der Waals surface area contributed by atoms with Crippen molar-refractivity contribution in [1.82, 2.24) is 4.90 Å². The lowest BCUT2D eigenvalue weighted by atomic mass is 10.2. The molecule has 17 heavy (non-hydrogen) atoms. The Morgan fingerprint density at radius 2 is 1.82 bits per heavy atom. The second kappa shape index (κ2) is 6.40. The summed E-state index contributed by atoms with van der Waals surface area (Å²) in [5, 5.41) is 0.673. The highest BCUT2D eigenvalue weighted by Crippen LogP contribution is 2.12. The summed E-state index contributed by atoms with van der Waals surface area (Å²) in [5.41, 5.74) is 1.01. The molecule has 0 saturated carbocycles. The van der Waals surface area contributed by atoms with E-state index in [1.807, 2.05) is 19.1 Å². The Kier molecular flexibility index (Phi) is 5.16. The second-order valence-electron chi connectivity index (χ2n) is 3.91. The minimum atomic E-state index is -0.130.